The summed E-state index contributed by atoms with van der Waals surface area (Å²) in [7, 11) is -3.90. The van der Waals surface area contributed by atoms with Crippen molar-refractivity contribution >= 4 is 66.4 Å². The van der Waals surface area contributed by atoms with E-state index in [2.05, 4.69) is 16.3 Å². The number of thiazole rings is 1. The van der Waals surface area contributed by atoms with Crippen LogP contribution in [-0.4, -0.2) is 18.9 Å². The van der Waals surface area contributed by atoms with E-state index < -0.39 is 15.9 Å². The Morgan fingerprint density at radius 3 is 2.56 bits per heavy atom. The smallest absolute Gasteiger partial charge is 0.281 e. The third-order valence-electron chi connectivity index (χ3n) is 4.94. The second-order valence-corrected chi connectivity index (χ2v) is 10.9. The second kappa shape index (κ2) is 9.76. The summed E-state index contributed by atoms with van der Waals surface area (Å²) in [5.41, 5.74) is 1.88. The molecule has 0 atom stereocenters. The van der Waals surface area contributed by atoms with Gasteiger partial charge in [0.25, 0.3) is 15.9 Å². The number of hydrogen-bond donors (Lipinski definition) is 1. The largest absolute Gasteiger partial charge is 0.311 e. The first-order valence-corrected chi connectivity index (χ1v) is 13.1. The number of hydrogen-bond acceptors (Lipinski definition) is 4. The van der Waals surface area contributed by atoms with Gasteiger partial charge in [-0.3, -0.25) is 9.52 Å². The highest BCUT2D eigenvalue weighted by Crippen LogP contribution is 2.30. The minimum atomic E-state index is -3.90. The molecule has 0 spiro atoms. The van der Waals surface area contributed by atoms with E-state index in [-0.39, 0.29) is 16.1 Å². The topological polar surface area (TPSA) is 80.5 Å². The van der Waals surface area contributed by atoms with E-state index in [9.17, 15) is 13.2 Å². The van der Waals surface area contributed by atoms with Crippen molar-refractivity contribution in [3.05, 3.63) is 99.3 Å². The molecule has 10 heteroatoms. The Morgan fingerprint density at radius 2 is 1.85 bits per heavy atom. The molecule has 0 radical (unpaired) electrons. The zero-order valence-corrected chi connectivity index (χ0v) is 21.1. The van der Waals surface area contributed by atoms with Crippen LogP contribution in [0.4, 0.5) is 5.69 Å². The number of sulfonamides is 1. The van der Waals surface area contributed by atoms with Crippen LogP contribution < -0.4 is 9.52 Å². The maximum Gasteiger partial charge on any atom is 0.281 e. The summed E-state index contributed by atoms with van der Waals surface area (Å²) in [5, 5.41) is 0.902. The number of nitrogens with zero attached hydrogens (tertiary/aromatic N) is 2. The number of para-hydroxylation sites is 1. The summed E-state index contributed by atoms with van der Waals surface area (Å²) in [6, 6.07) is 16.1. The van der Waals surface area contributed by atoms with Gasteiger partial charge in [-0.15, -0.1) is 6.58 Å². The molecule has 0 aliphatic carbocycles. The van der Waals surface area contributed by atoms with Crippen LogP contribution in [0.2, 0.25) is 10.0 Å². The van der Waals surface area contributed by atoms with Crippen LogP contribution in [0, 0.1) is 6.92 Å². The third kappa shape index (κ3) is 4.95. The quantitative estimate of drug-likeness (QED) is 0.307. The van der Waals surface area contributed by atoms with Gasteiger partial charge in [0, 0.05) is 11.6 Å². The molecule has 6 nitrogen and oxygen atoms in total. The predicted molar refractivity (Wildman–Crippen MR) is 138 cm³/mol. The zero-order valence-electron chi connectivity index (χ0n) is 18.0. The van der Waals surface area contributed by atoms with E-state index in [1.54, 1.807) is 47.0 Å². The molecule has 1 amide bonds. The monoisotopic (exact) mass is 531 g/mol. The standard InChI is InChI=1S/C24H19Cl2N3O3S2/c1-3-12-29-22-19(26)13-16(25)14-21(22)33-24(29)27-23(30)18-6-4-5-7-20(18)28-34(31,32)17-10-8-15(2)9-11-17/h3-11,13-14,28H,1,12H2,2H3. The Hall–Kier alpha value is -2.91. The number of fused-ring (bicyclic) bond motifs is 1. The lowest BCUT2D eigenvalue weighted by Crippen LogP contribution is -2.18. The van der Waals surface area contributed by atoms with Crippen LogP contribution in [0.15, 0.2) is 83.2 Å². The van der Waals surface area contributed by atoms with Gasteiger partial charge >= 0.3 is 0 Å². The highest BCUT2D eigenvalue weighted by Gasteiger charge is 2.19. The van der Waals surface area contributed by atoms with Gasteiger partial charge in [0.15, 0.2) is 4.80 Å². The van der Waals surface area contributed by atoms with Gasteiger partial charge in [-0.05, 0) is 43.3 Å². The number of nitrogens with one attached hydrogen (secondary N) is 1. The molecule has 4 aromatic rings. The third-order valence-corrected chi connectivity index (χ3v) is 7.85. The van der Waals surface area contributed by atoms with Crippen LogP contribution in [0.1, 0.15) is 15.9 Å². The minimum absolute atomic E-state index is 0.0946. The highest BCUT2D eigenvalue weighted by atomic mass is 35.5. The average Bonchev–Trinajstić information content (AvgIpc) is 3.11. The number of aromatic nitrogens is 1. The molecule has 0 aliphatic rings. The SMILES string of the molecule is C=CCn1c(=NC(=O)c2ccccc2NS(=O)(=O)c2ccc(C)cc2)sc2cc(Cl)cc(Cl)c21. The van der Waals surface area contributed by atoms with Gasteiger partial charge in [0.2, 0.25) is 0 Å². The van der Waals surface area contributed by atoms with E-state index in [4.69, 9.17) is 23.2 Å². The molecule has 4 rings (SSSR count). The molecule has 0 unspecified atom stereocenters. The Kier molecular flexibility index (Phi) is 6.95. The summed E-state index contributed by atoms with van der Waals surface area (Å²) < 4.78 is 30.8. The Bertz CT molecular complexity index is 1590. The Morgan fingerprint density at radius 1 is 1.15 bits per heavy atom. The molecular weight excluding hydrogens is 513 g/mol. The van der Waals surface area contributed by atoms with Gasteiger partial charge in [-0.1, -0.05) is 70.4 Å². The number of amides is 1. The molecule has 1 heterocycles. The molecule has 1 aromatic heterocycles. The zero-order chi connectivity index (χ0) is 24.5. The fourth-order valence-electron chi connectivity index (χ4n) is 3.34. The predicted octanol–water partition coefficient (Wildman–Crippen LogP) is 6.05. The van der Waals surface area contributed by atoms with Crippen LogP contribution in [-0.2, 0) is 16.6 Å². The van der Waals surface area contributed by atoms with E-state index >= 15 is 0 Å². The molecule has 3 aromatic carbocycles. The number of aryl methyl sites for hydroxylation is 1. The summed E-state index contributed by atoms with van der Waals surface area (Å²) in [5.74, 6) is -0.603. The van der Waals surface area contributed by atoms with Crippen molar-refractivity contribution in [1.82, 2.24) is 4.57 Å². The first-order chi connectivity index (χ1) is 16.2. The van der Waals surface area contributed by atoms with Crippen molar-refractivity contribution in [1.29, 1.82) is 0 Å². The lowest BCUT2D eigenvalue weighted by atomic mass is 10.2. The van der Waals surface area contributed by atoms with Crippen molar-refractivity contribution < 1.29 is 13.2 Å². The van der Waals surface area contributed by atoms with Gasteiger partial charge in [-0.25, -0.2) is 8.42 Å². The lowest BCUT2D eigenvalue weighted by molar-refractivity contribution is 0.0998. The van der Waals surface area contributed by atoms with Crippen molar-refractivity contribution in [2.75, 3.05) is 4.72 Å². The van der Waals surface area contributed by atoms with E-state index in [1.165, 1.54) is 35.6 Å². The van der Waals surface area contributed by atoms with Crippen LogP contribution in [0.25, 0.3) is 10.2 Å². The van der Waals surface area contributed by atoms with Gasteiger partial charge < -0.3 is 4.57 Å². The molecule has 0 bridgehead atoms. The number of carbonyl (C=O) groups excluding carboxylic acids is 1. The number of rotatable bonds is 6. The van der Waals surface area contributed by atoms with Crippen LogP contribution in [0.3, 0.4) is 0 Å². The van der Waals surface area contributed by atoms with Gasteiger partial charge in [0.1, 0.15) is 0 Å². The second-order valence-electron chi connectivity index (χ2n) is 7.40. The number of carbonyl (C=O) groups is 1. The van der Waals surface area contributed by atoms with Crippen molar-refractivity contribution in [2.24, 2.45) is 4.99 Å². The molecular formula is C24H19Cl2N3O3S2. The fraction of sp³-hybridized carbons (Fsp3) is 0.0833. The average molecular weight is 532 g/mol. The number of allylic oxidation sites excluding steroid dienone is 1. The van der Waals surface area contributed by atoms with Crippen molar-refractivity contribution in [2.45, 2.75) is 18.4 Å². The molecule has 1 N–H and O–H groups in total. The number of benzene rings is 3. The molecule has 0 saturated heterocycles. The first-order valence-electron chi connectivity index (χ1n) is 10.1. The van der Waals surface area contributed by atoms with E-state index in [0.717, 1.165) is 10.3 Å². The van der Waals surface area contributed by atoms with Crippen molar-refractivity contribution in [3.63, 3.8) is 0 Å². The van der Waals surface area contributed by atoms with Gasteiger partial charge in [0.05, 0.1) is 31.4 Å². The van der Waals surface area contributed by atoms with Crippen LogP contribution >= 0.6 is 34.5 Å². The first kappa shape index (κ1) is 24.2. The van der Waals surface area contributed by atoms with Crippen molar-refractivity contribution in [3.8, 4) is 0 Å². The lowest BCUT2D eigenvalue weighted by Gasteiger charge is -2.11. The summed E-state index contributed by atoms with van der Waals surface area (Å²) in [6.07, 6.45) is 1.67. The van der Waals surface area contributed by atoms with E-state index in [1.807, 2.05) is 6.92 Å². The Balaban J connectivity index is 1.78. The van der Waals surface area contributed by atoms with E-state index in [0.29, 0.717) is 26.9 Å². The van der Waals surface area contributed by atoms with Crippen LogP contribution in [0.5, 0.6) is 0 Å². The molecule has 0 fully saturated rings. The molecule has 174 valence electrons. The number of anilines is 1. The normalized spacial score (nSPS) is 12.1. The molecule has 0 aliphatic heterocycles. The molecule has 34 heavy (non-hydrogen) atoms. The molecule has 0 saturated carbocycles. The van der Waals surface area contributed by atoms with Gasteiger partial charge in [-0.2, -0.15) is 4.99 Å². The highest BCUT2D eigenvalue weighted by molar-refractivity contribution is 7.92. The summed E-state index contributed by atoms with van der Waals surface area (Å²) >= 11 is 13.8. The summed E-state index contributed by atoms with van der Waals surface area (Å²) in [6.45, 7) is 6.01. The minimum Gasteiger partial charge on any atom is -0.311 e. The Labute approximate surface area is 210 Å². The number of halogens is 2. The maximum atomic E-state index is 13.2. The fourth-order valence-corrected chi connectivity index (χ4v) is 6.24. The summed E-state index contributed by atoms with van der Waals surface area (Å²) in [4.78, 5) is 18.0. The maximum absolute atomic E-state index is 13.2.